The second-order valence-corrected chi connectivity index (χ2v) is 8.62. The minimum Gasteiger partial charge on any atom is -0.344 e. The van der Waals surface area contributed by atoms with E-state index < -0.39 is 26.8 Å². The fourth-order valence-electron chi connectivity index (χ4n) is 2.44. The van der Waals surface area contributed by atoms with Gasteiger partial charge in [0.1, 0.15) is 15.7 Å². The summed E-state index contributed by atoms with van der Waals surface area (Å²) in [6, 6.07) is 3.78. The number of amides is 1. The molecule has 8 heteroatoms. The minimum absolute atomic E-state index is 0.0965. The molecular formula is C14H13FN2O3S2. The lowest BCUT2D eigenvalue weighted by atomic mass is 10.0. The maximum absolute atomic E-state index is 12.8. The van der Waals surface area contributed by atoms with E-state index >= 15 is 0 Å². The van der Waals surface area contributed by atoms with Crippen LogP contribution in [0.5, 0.6) is 0 Å². The molecule has 1 aliphatic rings. The first-order valence-corrected chi connectivity index (χ1v) is 9.06. The number of hydrogen-bond acceptors (Lipinski definition) is 5. The first-order chi connectivity index (χ1) is 10.4. The van der Waals surface area contributed by atoms with E-state index in [1.165, 1.54) is 6.07 Å². The molecule has 3 rings (SSSR count). The Morgan fingerprint density at radius 3 is 2.86 bits per heavy atom. The highest BCUT2D eigenvalue weighted by atomic mass is 32.2. The van der Waals surface area contributed by atoms with Crippen LogP contribution < -0.4 is 5.32 Å². The molecule has 1 aliphatic heterocycles. The summed E-state index contributed by atoms with van der Waals surface area (Å²) in [5, 5.41) is 3.92. The van der Waals surface area contributed by atoms with Crippen LogP contribution in [-0.4, -0.2) is 24.6 Å². The standard InChI is InChI=1S/C14H13FN2O3S2/c1-8-6-12(10-4-5-21-14(10)22(8,19)20)17-13(18)11-3-2-9(15)7-16-11/h2-5,7-8,12H,6H2,1H3,(H,17,18)/t8-,12-/m0/s1. The number of sulfone groups is 1. The Bertz CT molecular complexity index is 815. The summed E-state index contributed by atoms with van der Waals surface area (Å²) in [4.78, 5) is 15.9. The SMILES string of the molecule is C[C@H]1C[C@H](NC(=O)c2ccc(F)cn2)c2ccsc2S1(=O)=O. The number of aromatic nitrogens is 1. The number of thiophene rings is 1. The van der Waals surface area contributed by atoms with E-state index in [4.69, 9.17) is 0 Å². The largest absolute Gasteiger partial charge is 0.344 e. The van der Waals surface area contributed by atoms with Crippen LogP contribution in [0.15, 0.2) is 34.0 Å². The van der Waals surface area contributed by atoms with Gasteiger partial charge < -0.3 is 5.32 Å². The number of nitrogens with one attached hydrogen (secondary N) is 1. The highest BCUT2D eigenvalue weighted by molar-refractivity contribution is 7.94. The van der Waals surface area contributed by atoms with Gasteiger partial charge in [-0.05, 0) is 36.9 Å². The number of hydrogen-bond donors (Lipinski definition) is 1. The Morgan fingerprint density at radius 2 is 2.18 bits per heavy atom. The summed E-state index contributed by atoms with van der Waals surface area (Å²) in [6.45, 7) is 1.63. The molecule has 0 saturated carbocycles. The molecule has 1 amide bonds. The van der Waals surface area contributed by atoms with Crippen LogP contribution >= 0.6 is 11.3 Å². The first kappa shape index (κ1) is 15.1. The molecular weight excluding hydrogens is 327 g/mol. The van der Waals surface area contributed by atoms with E-state index in [0.29, 0.717) is 16.2 Å². The average molecular weight is 340 g/mol. The van der Waals surface area contributed by atoms with Crippen molar-refractivity contribution in [1.29, 1.82) is 0 Å². The molecule has 3 heterocycles. The topological polar surface area (TPSA) is 76.1 Å². The Kier molecular flexibility index (Phi) is 3.73. The van der Waals surface area contributed by atoms with Gasteiger partial charge in [-0.25, -0.2) is 17.8 Å². The molecule has 0 aromatic carbocycles. The summed E-state index contributed by atoms with van der Waals surface area (Å²) in [7, 11) is -3.31. The molecule has 0 aliphatic carbocycles. The zero-order valence-electron chi connectivity index (χ0n) is 11.6. The lowest BCUT2D eigenvalue weighted by Crippen LogP contribution is -2.36. The molecule has 1 N–H and O–H groups in total. The number of carbonyl (C=O) groups is 1. The molecule has 116 valence electrons. The van der Waals surface area contributed by atoms with Crippen molar-refractivity contribution in [3.05, 3.63) is 46.9 Å². The predicted molar refractivity (Wildman–Crippen MR) is 80.0 cm³/mol. The lowest BCUT2D eigenvalue weighted by molar-refractivity contribution is 0.0928. The molecule has 0 unspecified atom stereocenters. The molecule has 2 atom stereocenters. The van der Waals surface area contributed by atoms with E-state index in [1.807, 2.05) is 0 Å². The van der Waals surface area contributed by atoms with Gasteiger partial charge in [0.05, 0.1) is 17.5 Å². The van der Waals surface area contributed by atoms with Crippen LogP contribution in [0.4, 0.5) is 4.39 Å². The van der Waals surface area contributed by atoms with Gasteiger partial charge >= 0.3 is 0 Å². The molecule has 2 aromatic heterocycles. The smallest absolute Gasteiger partial charge is 0.270 e. The first-order valence-electron chi connectivity index (χ1n) is 6.63. The van der Waals surface area contributed by atoms with Crippen LogP contribution in [0, 0.1) is 5.82 Å². The van der Waals surface area contributed by atoms with Gasteiger partial charge in [-0.1, -0.05) is 0 Å². The molecule has 5 nitrogen and oxygen atoms in total. The highest BCUT2D eigenvalue weighted by Gasteiger charge is 2.38. The highest BCUT2D eigenvalue weighted by Crippen LogP contribution is 2.39. The summed E-state index contributed by atoms with van der Waals surface area (Å²) < 4.78 is 37.6. The van der Waals surface area contributed by atoms with Crippen molar-refractivity contribution >= 4 is 27.1 Å². The van der Waals surface area contributed by atoms with Crippen molar-refractivity contribution in [2.75, 3.05) is 0 Å². The van der Waals surface area contributed by atoms with Crippen LogP contribution in [-0.2, 0) is 9.84 Å². The molecule has 2 aromatic rings. The van der Waals surface area contributed by atoms with Gasteiger partial charge in [-0.2, -0.15) is 0 Å². The molecule has 0 spiro atoms. The van der Waals surface area contributed by atoms with Crippen molar-refractivity contribution in [3.63, 3.8) is 0 Å². The fourth-order valence-corrected chi connectivity index (χ4v) is 5.67. The zero-order valence-corrected chi connectivity index (χ0v) is 13.2. The Hall–Kier alpha value is -1.80. The number of pyridine rings is 1. The van der Waals surface area contributed by atoms with Crippen LogP contribution in [0.2, 0.25) is 0 Å². The van der Waals surface area contributed by atoms with E-state index in [9.17, 15) is 17.6 Å². The summed E-state index contributed by atoms with van der Waals surface area (Å²) in [5.41, 5.74) is 0.706. The van der Waals surface area contributed by atoms with Crippen LogP contribution in [0.3, 0.4) is 0 Å². The average Bonchev–Trinajstić information content (AvgIpc) is 2.96. The number of halogens is 1. The third-order valence-corrected chi connectivity index (χ3v) is 7.37. The number of nitrogens with zero attached hydrogens (tertiary/aromatic N) is 1. The maximum atomic E-state index is 12.8. The fraction of sp³-hybridized carbons (Fsp3) is 0.286. The Balaban J connectivity index is 1.88. The van der Waals surface area contributed by atoms with Gasteiger partial charge in [0.15, 0.2) is 9.84 Å². The van der Waals surface area contributed by atoms with Crippen molar-refractivity contribution in [2.45, 2.75) is 28.8 Å². The molecule has 22 heavy (non-hydrogen) atoms. The number of fused-ring (bicyclic) bond motifs is 1. The van der Waals surface area contributed by atoms with Gasteiger partial charge in [-0.3, -0.25) is 4.79 Å². The minimum atomic E-state index is -3.31. The molecule has 0 bridgehead atoms. The summed E-state index contributed by atoms with van der Waals surface area (Å²) in [6.07, 6.45) is 1.28. The normalized spacial score (nSPS) is 22.8. The lowest BCUT2D eigenvalue weighted by Gasteiger charge is -2.27. The Morgan fingerprint density at radius 1 is 1.41 bits per heavy atom. The number of rotatable bonds is 2. The monoisotopic (exact) mass is 340 g/mol. The third-order valence-electron chi connectivity index (χ3n) is 3.65. The van der Waals surface area contributed by atoms with Crippen molar-refractivity contribution < 1.29 is 17.6 Å². The second kappa shape index (κ2) is 5.44. The van der Waals surface area contributed by atoms with E-state index in [-0.39, 0.29) is 11.7 Å². The predicted octanol–water partition coefficient (Wildman–Crippen LogP) is 2.32. The van der Waals surface area contributed by atoms with E-state index in [2.05, 4.69) is 10.3 Å². The molecule has 0 radical (unpaired) electrons. The third kappa shape index (κ3) is 2.52. The van der Waals surface area contributed by atoms with Gasteiger partial charge in [0.2, 0.25) is 0 Å². The quantitative estimate of drug-likeness (QED) is 0.910. The second-order valence-electron chi connectivity index (χ2n) is 5.14. The van der Waals surface area contributed by atoms with Gasteiger partial charge in [-0.15, -0.1) is 11.3 Å². The van der Waals surface area contributed by atoms with Crippen molar-refractivity contribution in [3.8, 4) is 0 Å². The number of carbonyl (C=O) groups excluding carboxylic acids is 1. The van der Waals surface area contributed by atoms with Crippen LogP contribution in [0.1, 0.15) is 35.4 Å². The van der Waals surface area contributed by atoms with E-state index in [0.717, 1.165) is 23.6 Å². The Labute approximate surface area is 131 Å². The van der Waals surface area contributed by atoms with Crippen LogP contribution in [0.25, 0.3) is 0 Å². The summed E-state index contributed by atoms with van der Waals surface area (Å²) in [5.74, 6) is -0.970. The van der Waals surface area contributed by atoms with Crippen molar-refractivity contribution in [2.24, 2.45) is 0 Å². The molecule has 0 fully saturated rings. The maximum Gasteiger partial charge on any atom is 0.270 e. The van der Waals surface area contributed by atoms with Gasteiger partial charge in [0, 0.05) is 5.56 Å². The van der Waals surface area contributed by atoms with E-state index in [1.54, 1.807) is 18.4 Å². The van der Waals surface area contributed by atoms with Gasteiger partial charge in [0.25, 0.3) is 5.91 Å². The summed E-state index contributed by atoms with van der Waals surface area (Å²) >= 11 is 1.16. The van der Waals surface area contributed by atoms with Crippen molar-refractivity contribution in [1.82, 2.24) is 10.3 Å². The zero-order chi connectivity index (χ0) is 15.9. The molecule has 0 saturated heterocycles.